The lowest BCUT2D eigenvalue weighted by molar-refractivity contribution is 0.0528. The third kappa shape index (κ3) is 7.10. The number of carbonyl (C=O) groups is 2. The molecular formula is C15H20N2O4. The van der Waals surface area contributed by atoms with Crippen LogP contribution in [0.25, 0.3) is 6.08 Å². The number of pyridine rings is 1. The monoisotopic (exact) mass is 292 g/mol. The lowest BCUT2D eigenvalue weighted by Gasteiger charge is -2.19. The number of nitrogens with one attached hydrogen (secondary N) is 1. The second-order valence-electron chi connectivity index (χ2n) is 5.40. The molecule has 0 saturated heterocycles. The molecule has 0 atom stereocenters. The lowest BCUT2D eigenvalue weighted by atomic mass is 10.2. The predicted octanol–water partition coefficient (Wildman–Crippen LogP) is 2.71. The summed E-state index contributed by atoms with van der Waals surface area (Å²) in [7, 11) is 0. The van der Waals surface area contributed by atoms with Crippen LogP contribution in [0.2, 0.25) is 0 Å². The van der Waals surface area contributed by atoms with Crippen molar-refractivity contribution < 1.29 is 19.4 Å². The molecule has 1 heterocycles. The molecule has 2 N–H and O–H groups in total. The molecule has 6 heteroatoms. The first-order chi connectivity index (χ1) is 9.78. The molecule has 0 aliphatic heterocycles. The number of rotatable bonds is 5. The van der Waals surface area contributed by atoms with E-state index < -0.39 is 17.7 Å². The van der Waals surface area contributed by atoms with Gasteiger partial charge in [0.1, 0.15) is 11.3 Å². The van der Waals surface area contributed by atoms with Crippen LogP contribution in [0.4, 0.5) is 4.79 Å². The first-order valence-electron chi connectivity index (χ1n) is 6.61. The van der Waals surface area contributed by atoms with Gasteiger partial charge in [-0.15, -0.1) is 0 Å². The summed E-state index contributed by atoms with van der Waals surface area (Å²) in [6.45, 7) is 5.88. The summed E-state index contributed by atoms with van der Waals surface area (Å²) in [5.74, 6) is -1.05. The molecule has 0 spiro atoms. The van der Waals surface area contributed by atoms with Gasteiger partial charge in [-0.05, 0) is 38.8 Å². The van der Waals surface area contributed by atoms with Crippen molar-refractivity contribution in [1.29, 1.82) is 0 Å². The number of ether oxygens (including phenoxy) is 1. The Labute approximate surface area is 123 Å². The average Bonchev–Trinajstić information content (AvgIpc) is 2.36. The molecule has 114 valence electrons. The number of aromatic nitrogens is 1. The number of alkyl carbamates (subject to hydrolysis) is 1. The number of nitrogens with zero attached hydrogens (tertiary/aromatic N) is 1. The Morgan fingerprint density at radius 1 is 1.38 bits per heavy atom. The fourth-order valence-electron chi connectivity index (χ4n) is 1.42. The topological polar surface area (TPSA) is 88.5 Å². The summed E-state index contributed by atoms with van der Waals surface area (Å²) in [5, 5.41) is 11.4. The maximum Gasteiger partial charge on any atom is 0.407 e. The van der Waals surface area contributed by atoms with Crippen molar-refractivity contribution in [3.05, 3.63) is 35.7 Å². The number of carboxylic acid groups (broad SMARTS) is 1. The van der Waals surface area contributed by atoms with E-state index in [4.69, 9.17) is 9.84 Å². The van der Waals surface area contributed by atoms with Crippen molar-refractivity contribution in [2.24, 2.45) is 0 Å². The van der Waals surface area contributed by atoms with Crippen LogP contribution in [-0.4, -0.2) is 34.3 Å². The van der Waals surface area contributed by atoms with E-state index in [9.17, 15) is 9.59 Å². The normalized spacial score (nSPS) is 11.4. The highest BCUT2D eigenvalue weighted by Gasteiger charge is 2.15. The maximum atomic E-state index is 11.4. The van der Waals surface area contributed by atoms with E-state index in [1.165, 1.54) is 12.3 Å². The third-order valence-electron chi connectivity index (χ3n) is 2.30. The van der Waals surface area contributed by atoms with E-state index in [1.807, 2.05) is 12.2 Å². The van der Waals surface area contributed by atoms with Crippen LogP contribution in [0.15, 0.2) is 24.4 Å². The van der Waals surface area contributed by atoms with E-state index in [1.54, 1.807) is 26.8 Å². The SMILES string of the molecule is CC(C)(C)OC(=O)NCCC=Cc1ccc(C(=O)O)nc1. The number of hydrogen-bond acceptors (Lipinski definition) is 4. The van der Waals surface area contributed by atoms with Gasteiger partial charge < -0.3 is 15.2 Å². The fraction of sp³-hybridized carbons (Fsp3) is 0.400. The van der Waals surface area contributed by atoms with Crippen molar-refractivity contribution in [1.82, 2.24) is 10.3 Å². The Balaban J connectivity index is 2.32. The summed E-state index contributed by atoms with van der Waals surface area (Å²) in [5.41, 5.74) is 0.313. The van der Waals surface area contributed by atoms with Gasteiger partial charge in [0.25, 0.3) is 0 Å². The van der Waals surface area contributed by atoms with Gasteiger partial charge in [0, 0.05) is 12.7 Å². The van der Waals surface area contributed by atoms with E-state index in [0.717, 1.165) is 5.56 Å². The molecule has 0 unspecified atom stereocenters. The molecule has 0 aliphatic rings. The maximum absolute atomic E-state index is 11.4. The Morgan fingerprint density at radius 3 is 2.62 bits per heavy atom. The second-order valence-corrected chi connectivity index (χ2v) is 5.40. The number of hydrogen-bond donors (Lipinski definition) is 2. The highest BCUT2D eigenvalue weighted by atomic mass is 16.6. The average molecular weight is 292 g/mol. The number of amides is 1. The highest BCUT2D eigenvalue weighted by Crippen LogP contribution is 2.06. The van der Waals surface area contributed by atoms with Crippen LogP contribution in [0.5, 0.6) is 0 Å². The molecule has 0 radical (unpaired) electrons. The highest BCUT2D eigenvalue weighted by molar-refractivity contribution is 5.85. The molecule has 1 aromatic heterocycles. The summed E-state index contributed by atoms with van der Waals surface area (Å²) in [6, 6.07) is 3.12. The minimum absolute atomic E-state index is 0.0127. The molecule has 1 amide bonds. The quantitative estimate of drug-likeness (QED) is 0.814. The molecule has 21 heavy (non-hydrogen) atoms. The van der Waals surface area contributed by atoms with Crippen LogP contribution < -0.4 is 5.32 Å². The molecule has 0 fully saturated rings. The molecule has 0 aromatic carbocycles. The molecule has 1 aromatic rings. The van der Waals surface area contributed by atoms with Crippen molar-refractivity contribution in [3.63, 3.8) is 0 Å². The molecule has 0 saturated carbocycles. The molecule has 1 rings (SSSR count). The van der Waals surface area contributed by atoms with Gasteiger partial charge in [0.15, 0.2) is 0 Å². The molecular weight excluding hydrogens is 272 g/mol. The van der Waals surface area contributed by atoms with Gasteiger partial charge in [-0.25, -0.2) is 14.6 Å². The van der Waals surface area contributed by atoms with Crippen LogP contribution in [0.3, 0.4) is 0 Å². The van der Waals surface area contributed by atoms with E-state index in [2.05, 4.69) is 10.3 Å². The van der Waals surface area contributed by atoms with Crippen LogP contribution in [0.1, 0.15) is 43.2 Å². The van der Waals surface area contributed by atoms with Gasteiger partial charge in [-0.3, -0.25) is 0 Å². The molecule has 0 bridgehead atoms. The Morgan fingerprint density at radius 2 is 2.10 bits per heavy atom. The Hall–Kier alpha value is -2.37. The zero-order valence-corrected chi connectivity index (χ0v) is 12.4. The lowest BCUT2D eigenvalue weighted by Crippen LogP contribution is -2.32. The van der Waals surface area contributed by atoms with Gasteiger partial charge in [0.05, 0.1) is 0 Å². The zero-order chi connectivity index (χ0) is 15.9. The van der Waals surface area contributed by atoms with Crippen LogP contribution in [0, 0.1) is 0 Å². The largest absolute Gasteiger partial charge is 0.477 e. The van der Waals surface area contributed by atoms with Crippen molar-refractivity contribution in [3.8, 4) is 0 Å². The summed E-state index contributed by atoms with van der Waals surface area (Å²) < 4.78 is 5.10. The number of carbonyl (C=O) groups excluding carboxylic acids is 1. The molecule has 0 aliphatic carbocycles. The van der Waals surface area contributed by atoms with E-state index in [-0.39, 0.29) is 5.69 Å². The van der Waals surface area contributed by atoms with E-state index in [0.29, 0.717) is 13.0 Å². The van der Waals surface area contributed by atoms with Crippen molar-refractivity contribution >= 4 is 18.1 Å². The van der Waals surface area contributed by atoms with Crippen LogP contribution in [-0.2, 0) is 4.74 Å². The Bertz CT molecular complexity index is 515. The van der Waals surface area contributed by atoms with Crippen LogP contribution >= 0.6 is 0 Å². The fourth-order valence-corrected chi connectivity index (χ4v) is 1.42. The van der Waals surface area contributed by atoms with Gasteiger partial charge in [-0.2, -0.15) is 0 Å². The first-order valence-corrected chi connectivity index (χ1v) is 6.61. The van der Waals surface area contributed by atoms with E-state index >= 15 is 0 Å². The number of aromatic carboxylic acids is 1. The second kappa shape index (κ2) is 7.42. The van der Waals surface area contributed by atoms with Gasteiger partial charge >= 0.3 is 12.1 Å². The summed E-state index contributed by atoms with van der Waals surface area (Å²) in [4.78, 5) is 25.8. The zero-order valence-electron chi connectivity index (χ0n) is 12.4. The first kappa shape index (κ1) is 16.7. The molecule has 6 nitrogen and oxygen atoms in total. The Kier molecular flexibility index (Phi) is 5.90. The number of carboxylic acids is 1. The van der Waals surface area contributed by atoms with Gasteiger partial charge in [-0.1, -0.05) is 18.2 Å². The minimum Gasteiger partial charge on any atom is -0.477 e. The summed E-state index contributed by atoms with van der Waals surface area (Å²) >= 11 is 0. The predicted molar refractivity (Wildman–Crippen MR) is 79.1 cm³/mol. The van der Waals surface area contributed by atoms with Gasteiger partial charge in [0.2, 0.25) is 0 Å². The smallest absolute Gasteiger partial charge is 0.407 e. The standard InChI is InChI=1S/C15H20N2O4/c1-15(2,3)21-14(20)16-9-5-4-6-11-7-8-12(13(18)19)17-10-11/h4,6-8,10H,5,9H2,1-3H3,(H,16,20)(H,18,19). The van der Waals surface area contributed by atoms with Crippen molar-refractivity contribution in [2.75, 3.05) is 6.54 Å². The van der Waals surface area contributed by atoms with Crippen molar-refractivity contribution in [2.45, 2.75) is 32.8 Å². The minimum atomic E-state index is -1.05. The summed E-state index contributed by atoms with van der Waals surface area (Å²) in [6.07, 6.45) is 5.37. The third-order valence-corrected chi connectivity index (χ3v) is 2.30.